The third-order valence-corrected chi connectivity index (χ3v) is 3.99. The molecular weight excluding hydrogens is 326 g/mol. The number of benzene rings is 1. The monoisotopic (exact) mass is 341 g/mol. The van der Waals surface area contributed by atoms with E-state index in [4.69, 9.17) is 9.15 Å². The molecule has 0 fully saturated rings. The molecule has 122 valence electrons. The Balaban J connectivity index is 2.06. The molecule has 1 aromatic heterocycles. The van der Waals surface area contributed by atoms with Crippen LogP contribution in [0, 0.1) is 11.3 Å². The summed E-state index contributed by atoms with van der Waals surface area (Å²) in [4.78, 5) is 13.9. The number of ether oxygens (including phenoxy) is 1. The molecule has 0 aliphatic carbocycles. The van der Waals surface area contributed by atoms with Gasteiger partial charge in [0.1, 0.15) is 23.2 Å². The van der Waals surface area contributed by atoms with Crippen molar-refractivity contribution < 1.29 is 13.9 Å². The second-order valence-corrected chi connectivity index (χ2v) is 5.42. The molecule has 1 aromatic carbocycles. The van der Waals surface area contributed by atoms with E-state index in [0.717, 1.165) is 11.4 Å². The van der Waals surface area contributed by atoms with Gasteiger partial charge in [0.2, 0.25) is 0 Å². The summed E-state index contributed by atoms with van der Waals surface area (Å²) in [6.07, 6.45) is 0.939. The van der Waals surface area contributed by atoms with E-state index in [1.807, 2.05) is 37.3 Å². The second kappa shape index (κ2) is 6.72. The average molecular weight is 341 g/mol. The van der Waals surface area contributed by atoms with Crippen LogP contribution < -0.4 is 15.0 Å². The molecule has 2 heterocycles. The Hall–Kier alpha value is -2.85. The summed E-state index contributed by atoms with van der Waals surface area (Å²) in [7, 11) is 0. The topological polar surface area (TPSA) is 78.5 Å². The lowest BCUT2D eigenvalue weighted by Gasteiger charge is -2.36. The number of carbonyl (C=O) groups is 1. The average Bonchev–Trinajstić information content (AvgIpc) is 3.10. The number of amides is 1. The van der Waals surface area contributed by atoms with E-state index in [1.165, 1.54) is 6.26 Å². The van der Waals surface area contributed by atoms with Gasteiger partial charge < -0.3 is 19.4 Å². The summed E-state index contributed by atoms with van der Waals surface area (Å²) >= 11 is 4.41. The Bertz CT molecular complexity index is 807. The predicted molar refractivity (Wildman–Crippen MR) is 91.3 cm³/mol. The number of nitriles is 1. The SMILES string of the molecule is CCOc1ccc(N2C(S)=C(C#N)C(=O)NC2c2ccco2)cc1. The van der Waals surface area contributed by atoms with E-state index in [-0.39, 0.29) is 10.6 Å². The van der Waals surface area contributed by atoms with Crippen LogP contribution in [0.3, 0.4) is 0 Å². The van der Waals surface area contributed by atoms with Crippen molar-refractivity contribution in [3.05, 3.63) is 59.0 Å². The van der Waals surface area contributed by atoms with Gasteiger partial charge in [-0.05, 0) is 43.3 Å². The Morgan fingerprint density at radius 2 is 2.12 bits per heavy atom. The highest BCUT2D eigenvalue weighted by Crippen LogP contribution is 2.36. The molecule has 1 amide bonds. The fourth-order valence-electron chi connectivity index (χ4n) is 2.49. The summed E-state index contributed by atoms with van der Waals surface area (Å²) in [6, 6.07) is 12.7. The Kier molecular flexibility index (Phi) is 4.49. The first-order valence-corrected chi connectivity index (χ1v) is 7.80. The Morgan fingerprint density at radius 1 is 1.38 bits per heavy atom. The molecule has 1 aliphatic heterocycles. The third kappa shape index (κ3) is 2.84. The summed E-state index contributed by atoms with van der Waals surface area (Å²) in [5, 5.41) is 12.3. The maximum Gasteiger partial charge on any atom is 0.266 e. The predicted octanol–water partition coefficient (Wildman–Crippen LogP) is 2.98. The van der Waals surface area contributed by atoms with Crippen LogP contribution in [-0.4, -0.2) is 12.5 Å². The van der Waals surface area contributed by atoms with Gasteiger partial charge in [0.05, 0.1) is 17.9 Å². The normalized spacial score (nSPS) is 17.5. The zero-order valence-corrected chi connectivity index (χ0v) is 13.8. The smallest absolute Gasteiger partial charge is 0.266 e. The van der Waals surface area contributed by atoms with Gasteiger partial charge in [0.15, 0.2) is 6.17 Å². The minimum atomic E-state index is -0.588. The fraction of sp³-hybridized carbons (Fsp3) is 0.176. The summed E-state index contributed by atoms with van der Waals surface area (Å²) in [5.41, 5.74) is 0.702. The maximum atomic E-state index is 12.1. The highest BCUT2D eigenvalue weighted by atomic mass is 32.1. The van der Waals surface area contributed by atoms with Crippen LogP contribution in [0.2, 0.25) is 0 Å². The van der Waals surface area contributed by atoms with Crippen molar-refractivity contribution in [1.29, 1.82) is 5.26 Å². The van der Waals surface area contributed by atoms with E-state index in [2.05, 4.69) is 17.9 Å². The molecule has 1 unspecified atom stereocenters. The molecule has 0 saturated carbocycles. The minimum absolute atomic E-state index is 0.0463. The first-order chi connectivity index (χ1) is 11.7. The molecule has 1 atom stereocenters. The van der Waals surface area contributed by atoms with Gasteiger partial charge in [-0.2, -0.15) is 5.26 Å². The van der Waals surface area contributed by atoms with Crippen molar-refractivity contribution in [2.75, 3.05) is 11.5 Å². The number of hydrogen-bond donors (Lipinski definition) is 2. The number of nitrogens with one attached hydrogen (secondary N) is 1. The number of anilines is 1. The summed E-state index contributed by atoms with van der Waals surface area (Å²) < 4.78 is 10.9. The Morgan fingerprint density at radius 3 is 2.71 bits per heavy atom. The number of thiol groups is 1. The number of rotatable bonds is 4. The van der Waals surface area contributed by atoms with Crippen LogP contribution in [0.25, 0.3) is 0 Å². The van der Waals surface area contributed by atoms with Crippen molar-refractivity contribution in [2.45, 2.75) is 13.1 Å². The zero-order chi connectivity index (χ0) is 17.1. The molecule has 0 saturated heterocycles. The van der Waals surface area contributed by atoms with Gasteiger partial charge in [-0.15, -0.1) is 12.6 Å². The number of carbonyl (C=O) groups excluding carboxylic acids is 1. The quantitative estimate of drug-likeness (QED) is 0.836. The number of nitrogens with zero attached hydrogens (tertiary/aromatic N) is 2. The molecular formula is C17H15N3O3S. The third-order valence-electron chi connectivity index (χ3n) is 3.56. The standard InChI is InChI=1S/C17H15N3O3S/c1-2-22-12-7-5-11(6-8-12)20-15(14-4-3-9-23-14)19-16(21)13(10-18)17(20)24/h3-9,15,24H,2H2,1H3,(H,19,21). The first kappa shape index (κ1) is 16.0. The van der Waals surface area contributed by atoms with Crippen LogP contribution >= 0.6 is 12.6 Å². The molecule has 1 aliphatic rings. The molecule has 0 radical (unpaired) electrons. The van der Waals surface area contributed by atoms with Gasteiger partial charge in [0.25, 0.3) is 5.91 Å². The fourth-order valence-corrected chi connectivity index (χ4v) is 2.87. The number of hydrogen-bond acceptors (Lipinski definition) is 6. The zero-order valence-electron chi connectivity index (χ0n) is 12.9. The molecule has 1 N–H and O–H groups in total. The summed E-state index contributed by atoms with van der Waals surface area (Å²) in [6.45, 7) is 2.49. The van der Waals surface area contributed by atoms with Crippen LogP contribution in [0.1, 0.15) is 18.8 Å². The molecule has 0 bridgehead atoms. The van der Waals surface area contributed by atoms with Gasteiger partial charge in [-0.25, -0.2) is 0 Å². The van der Waals surface area contributed by atoms with Crippen LogP contribution in [0.15, 0.2) is 57.7 Å². The van der Waals surface area contributed by atoms with Crippen LogP contribution in [-0.2, 0) is 4.79 Å². The first-order valence-electron chi connectivity index (χ1n) is 7.35. The largest absolute Gasteiger partial charge is 0.494 e. The minimum Gasteiger partial charge on any atom is -0.494 e. The molecule has 3 rings (SSSR count). The van der Waals surface area contributed by atoms with E-state index < -0.39 is 12.1 Å². The molecule has 7 heteroatoms. The van der Waals surface area contributed by atoms with Crippen molar-refractivity contribution in [3.8, 4) is 11.8 Å². The Labute approximate surface area is 144 Å². The number of furan rings is 1. The van der Waals surface area contributed by atoms with E-state index >= 15 is 0 Å². The lowest BCUT2D eigenvalue weighted by Crippen LogP contribution is -2.45. The molecule has 0 spiro atoms. The lowest BCUT2D eigenvalue weighted by atomic mass is 10.1. The van der Waals surface area contributed by atoms with Gasteiger partial charge >= 0.3 is 0 Å². The van der Waals surface area contributed by atoms with Crippen LogP contribution in [0.4, 0.5) is 5.69 Å². The van der Waals surface area contributed by atoms with Crippen molar-refractivity contribution in [2.24, 2.45) is 0 Å². The lowest BCUT2D eigenvalue weighted by molar-refractivity contribution is -0.118. The summed E-state index contributed by atoms with van der Waals surface area (Å²) in [5.74, 6) is 0.800. The van der Waals surface area contributed by atoms with Crippen molar-refractivity contribution >= 4 is 24.2 Å². The highest BCUT2D eigenvalue weighted by Gasteiger charge is 2.35. The highest BCUT2D eigenvalue weighted by molar-refractivity contribution is 7.84. The van der Waals surface area contributed by atoms with Gasteiger partial charge in [0, 0.05) is 5.69 Å². The van der Waals surface area contributed by atoms with Crippen molar-refractivity contribution in [1.82, 2.24) is 5.32 Å². The van der Waals surface area contributed by atoms with E-state index in [1.54, 1.807) is 17.0 Å². The molecule has 2 aromatic rings. The van der Waals surface area contributed by atoms with Crippen LogP contribution in [0.5, 0.6) is 5.75 Å². The molecule has 24 heavy (non-hydrogen) atoms. The van der Waals surface area contributed by atoms with Gasteiger partial charge in [-0.3, -0.25) is 4.79 Å². The van der Waals surface area contributed by atoms with E-state index in [9.17, 15) is 10.1 Å². The molecule has 6 nitrogen and oxygen atoms in total. The van der Waals surface area contributed by atoms with Crippen molar-refractivity contribution in [3.63, 3.8) is 0 Å². The van der Waals surface area contributed by atoms with E-state index in [0.29, 0.717) is 12.4 Å². The second-order valence-electron chi connectivity index (χ2n) is 5.00. The van der Waals surface area contributed by atoms with Gasteiger partial charge in [-0.1, -0.05) is 0 Å². The maximum absolute atomic E-state index is 12.1.